The number of hydrogen-bond acceptors (Lipinski definition) is 6. The molecule has 3 heterocycles. The first-order chi connectivity index (χ1) is 13.8. The van der Waals surface area contributed by atoms with Crippen LogP contribution in [0.2, 0.25) is 0 Å². The van der Waals surface area contributed by atoms with Crippen LogP contribution in [0.15, 0.2) is 22.7 Å². The van der Waals surface area contributed by atoms with Crippen LogP contribution in [0.4, 0.5) is 5.13 Å². The number of thiazole rings is 1. The SMILES string of the molecule is CS(=O)(=O)N1CCC(C(=O)N(CC2CCCO2)c2nc3ccc(Br)cc3s2)CC1. The van der Waals surface area contributed by atoms with Crippen molar-refractivity contribution in [2.24, 2.45) is 5.92 Å². The predicted octanol–water partition coefficient (Wildman–Crippen LogP) is 3.24. The Bertz CT molecular complexity index is 996. The molecule has 2 aromatic rings. The molecule has 1 atom stereocenters. The van der Waals surface area contributed by atoms with Gasteiger partial charge in [0.15, 0.2) is 5.13 Å². The molecule has 0 N–H and O–H groups in total. The van der Waals surface area contributed by atoms with Gasteiger partial charge in [0.25, 0.3) is 0 Å². The van der Waals surface area contributed by atoms with Crippen molar-refractivity contribution >= 4 is 58.5 Å². The highest BCUT2D eigenvalue weighted by atomic mass is 79.9. The number of halogens is 1. The molecule has 158 valence electrons. The van der Waals surface area contributed by atoms with Crippen molar-refractivity contribution in [3.63, 3.8) is 0 Å². The number of anilines is 1. The zero-order valence-electron chi connectivity index (χ0n) is 16.2. The number of aromatic nitrogens is 1. The molecule has 1 aromatic heterocycles. The first kappa shape index (κ1) is 21.2. The fourth-order valence-corrected chi connectivity index (χ4v) is 6.32. The second-order valence-corrected chi connectivity index (χ2v) is 11.5. The summed E-state index contributed by atoms with van der Waals surface area (Å²) in [6.45, 7) is 1.99. The highest BCUT2D eigenvalue weighted by Crippen LogP contribution is 2.33. The van der Waals surface area contributed by atoms with Crippen molar-refractivity contribution in [1.82, 2.24) is 9.29 Å². The van der Waals surface area contributed by atoms with Crippen LogP contribution in [0.25, 0.3) is 10.2 Å². The summed E-state index contributed by atoms with van der Waals surface area (Å²) in [5.41, 5.74) is 0.866. The lowest BCUT2D eigenvalue weighted by atomic mass is 9.96. The number of fused-ring (bicyclic) bond motifs is 1. The molecule has 2 fully saturated rings. The minimum atomic E-state index is -3.21. The fraction of sp³-hybridized carbons (Fsp3) is 0.579. The predicted molar refractivity (Wildman–Crippen MR) is 118 cm³/mol. The number of piperidine rings is 1. The molecule has 4 rings (SSSR count). The molecule has 0 saturated carbocycles. The number of hydrogen-bond donors (Lipinski definition) is 0. The van der Waals surface area contributed by atoms with E-state index in [0.29, 0.717) is 37.6 Å². The van der Waals surface area contributed by atoms with Gasteiger partial charge in [-0.05, 0) is 43.9 Å². The molecular weight excluding hydrogens is 478 g/mol. The van der Waals surface area contributed by atoms with Gasteiger partial charge in [-0.3, -0.25) is 9.69 Å². The molecule has 2 saturated heterocycles. The van der Waals surface area contributed by atoms with Gasteiger partial charge in [0.1, 0.15) is 0 Å². The number of amides is 1. The lowest BCUT2D eigenvalue weighted by Crippen LogP contribution is -2.46. The van der Waals surface area contributed by atoms with Crippen molar-refractivity contribution in [3.8, 4) is 0 Å². The second-order valence-electron chi connectivity index (χ2n) is 7.63. The van der Waals surface area contributed by atoms with Crippen LogP contribution in [0.3, 0.4) is 0 Å². The molecule has 2 aliphatic heterocycles. The van der Waals surface area contributed by atoms with Crippen LogP contribution in [0, 0.1) is 5.92 Å². The van der Waals surface area contributed by atoms with E-state index in [1.54, 1.807) is 4.90 Å². The van der Waals surface area contributed by atoms with Gasteiger partial charge in [0, 0.05) is 30.1 Å². The molecule has 10 heteroatoms. The third-order valence-electron chi connectivity index (χ3n) is 5.52. The van der Waals surface area contributed by atoms with Crippen LogP contribution in [-0.4, -0.2) is 62.2 Å². The van der Waals surface area contributed by atoms with Gasteiger partial charge in [-0.2, -0.15) is 0 Å². The van der Waals surface area contributed by atoms with E-state index in [0.717, 1.165) is 34.1 Å². The summed E-state index contributed by atoms with van der Waals surface area (Å²) < 4.78 is 32.8. The van der Waals surface area contributed by atoms with Crippen LogP contribution in [0.1, 0.15) is 25.7 Å². The fourth-order valence-electron chi connectivity index (χ4n) is 3.91. The summed E-state index contributed by atoms with van der Waals surface area (Å²) in [7, 11) is -3.21. The Morgan fingerprint density at radius 3 is 2.76 bits per heavy atom. The molecule has 0 spiro atoms. The topological polar surface area (TPSA) is 79.8 Å². The van der Waals surface area contributed by atoms with E-state index in [4.69, 9.17) is 9.72 Å². The highest BCUT2D eigenvalue weighted by molar-refractivity contribution is 9.10. The molecular formula is C19H24BrN3O4S2. The van der Waals surface area contributed by atoms with Crippen LogP contribution >= 0.6 is 27.3 Å². The number of carbonyl (C=O) groups is 1. The van der Waals surface area contributed by atoms with Crippen LogP contribution in [0.5, 0.6) is 0 Å². The number of benzene rings is 1. The number of nitrogens with zero attached hydrogens (tertiary/aromatic N) is 3. The van der Waals surface area contributed by atoms with Crippen molar-refractivity contribution in [2.75, 3.05) is 37.4 Å². The maximum atomic E-state index is 13.4. The first-order valence-corrected chi connectivity index (χ1v) is 13.2. The monoisotopic (exact) mass is 501 g/mol. The summed E-state index contributed by atoms with van der Waals surface area (Å²) >= 11 is 4.99. The Morgan fingerprint density at radius 1 is 1.34 bits per heavy atom. The van der Waals surface area contributed by atoms with Gasteiger partial charge in [0.2, 0.25) is 15.9 Å². The van der Waals surface area contributed by atoms with E-state index in [1.807, 2.05) is 18.2 Å². The average Bonchev–Trinajstić information content (AvgIpc) is 3.34. The minimum absolute atomic E-state index is 0.0202. The molecule has 0 radical (unpaired) electrons. The third-order valence-corrected chi connectivity index (χ3v) is 8.36. The van der Waals surface area contributed by atoms with E-state index in [9.17, 15) is 13.2 Å². The molecule has 2 aliphatic rings. The average molecular weight is 502 g/mol. The van der Waals surface area contributed by atoms with Gasteiger partial charge in [-0.25, -0.2) is 17.7 Å². The minimum Gasteiger partial charge on any atom is -0.376 e. The molecule has 1 amide bonds. The Balaban J connectivity index is 1.57. The van der Waals surface area contributed by atoms with Crippen molar-refractivity contribution in [1.29, 1.82) is 0 Å². The summed E-state index contributed by atoms with van der Waals surface area (Å²) in [5.74, 6) is -0.181. The smallest absolute Gasteiger partial charge is 0.232 e. The van der Waals surface area contributed by atoms with Crippen molar-refractivity contribution < 1.29 is 17.9 Å². The lowest BCUT2D eigenvalue weighted by molar-refractivity contribution is -0.123. The zero-order valence-corrected chi connectivity index (χ0v) is 19.4. The van der Waals surface area contributed by atoms with Gasteiger partial charge in [0.05, 0.1) is 29.1 Å². The quantitative estimate of drug-likeness (QED) is 0.628. The maximum absolute atomic E-state index is 13.4. The summed E-state index contributed by atoms with van der Waals surface area (Å²) in [6, 6.07) is 5.90. The maximum Gasteiger partial charge on any atom is 0.232 e. The first-order valence-electron chi connectivity index (χ1n) is 9.75. The standard InChI is InChI=1S/C19H24BrN3O4S2/c1-29(25,26)22-8-6-13(7-9-22)18(24)23(12-15-3-2-10-27-15)19-21-16-5-4-14(20)11-17(16)28-19/h4-5,11,13,15H,2-3,6-10,12H2,1H3. The number of sulfonamides is 1. The molecule has 7 nitrogen and oxygen atoms in total. The normalized spacial score (nSPS) is 21.7. The molecule has 0 aliphatic carbocycles. The van der Waals surface area contributed by atoms with E-state index in [1.165, 1.54) is 21.9 Å². The summed E-state index contributed by atoms with van der Waals surface area (Å²) in [5, 5.41) is 0.684. The number of ether oxygens (including phenoxy) is 1. The van der Waals surface area contributed by atoms with Crippen molar-refractivity contribution in [3.05, 3.63) is 22.7 Å². The summed E-state index contributed by atoms with van der Waals surface area (Å²) in [4.78, 5) is 19.9. The lowest BCUT2D eigenvalue weighted by Gasteiger charge is -2.33. The van der Waals surface area contributed by atoms with E-state index in [2.05, 4.69) is 15.9 Å². The number of carbonyl (C=O) groups excluding carboxylic acids is 1. The second kappa shape index (κ2) is 8.58. The third kappa shape index (κ3) is 4.82. The number of rotatable bonds is 5. The Morgan fingerprint density at radius 2 is 2.10 bits per heavy atom. The Labute approximate surface area is 183 Å². The van der Waals surface area contributed by atoms with Gasteiger partial charge in [-0.15, -0.1) is 0 Å². The molecule has 0 bridgehead atoms. The van der Waals surface area contributed by atoms with Gasteiger partial charge in [-0.1, -0.05) is 27.3 Å². The van der Waals surface area contributed by atoms with Gasteiger partial charge < -0.3 is 4.74 Å². The van der Waals surface area contributed by atoms with E-state index < -0.39 is 10.0 Å². The Hall–Kier alpha value is -1.07. The summed E-state index contributed by atoms with van der Waals surface area (Å²) in [6.07, 6.45) is 4.25. The van der Waals surface area contributed by atoms with Crippen LogP contribution < -0.4 is 4.90 Å². The molecule has 1 unspecified atom stereocenters. The highest BCUT2D eigenvalue weighted by Gasteiger charge is 2.34. The zero-order chi connectivity index (χ0) is 20.6. The van der Waals surface area contributed by atoms with E-state index in [-0.39, 0.29) is 17.9 Å². The van der Waals surface area contributed by atoms with E-state index >= 15 is 0 Å². The van der Waals surface area contributed by atoms with Crippen LogP contribution in [-0.2, 0) is 19.6 Å². The molecule has 1 aromatic carbocycles. The van der Waals surface area contributed by atoms with Crippen molar-refractivity contribution in [2.45, 2.75) is 31.8 Å². The largest absolute Gasteiger partial charge is 0.376 e. The Kier molecular flexibility index (Phi) is 6.27. The molecule has 29 heavy (non-hydrogen) atoms. The van der Waals surface area contributed by atoms with Gasteiger partial charge >= 0.3 is 0 Å².